The van der Waals surface area contributed by atoms with E-state index < -0.39 is 0 Å². The molecule has 0 bridgehead atoms. The van der Waals surface area contributed by atoms with E-state index >= 15 is 0 Å². The van der Waals surface area contributed by atoms with Crippen molar-refractivity contribution >= 4 is 34.0 Å². The van der Waals surface area contributed by atoms with Crippen LogP contribution in [0.5, 0.6) is 0 Å². The second kappa shape index (κ2) is 6.26. The molecule has 0 atom stereocenters. The molecule has 0 saturated heterocycles. The Hall–Kier alpha value is -2.64. The first-order valence-corrected chi connectivity index (χ1v) is 10.1. The van der Waals surface area contributed by atoms with Crippen molar-refractivity contribution in [2.75, 3.05) is 0 Å². The normalized spacial score (nSPS) is 13.1. The number of hydrogen-bond acceptors (Lipinski definition) is 6. The molecule has 0 N–H and O–H groups in total. The number of thiazole rings is 1. The molecule has 26 heavy (non-hydrogen) atoms. The summed E-state index contributed by atoms with van der Waals surface area (Å²) in [6.45, 7) is 2.04. The fraction of sp³-hybridized carbons (Fsp3) is 0.158. The maximum absolute atomic E-state index is 4.81. The molecule has 1 aliphatic carbocycles. The number of fused-ring (bicyclic) bond motifs is 3. The summed E-state index contributed by atoms with van der Waals surface area (Å²) in [4.78, 5) is 16.3. The lowest BCUT2D eigenvalue weighted by atomic mass is 9.98. The van der Waals surface area contributed by atoms with Gasteiger partial charge in [0, 0.05) is 27.7 Å². The van der Waals surface area contributed by atoms with Gasteiger partial charge in [0.1, 0.15) is 0 Å². The Labute approximate surface area is 158 Å². The van der Waals surface area contributed by atoms with Gasteiger partial charge in [-0.1, -0.05) is 23.5 Å². The van der Waals surface area contributed by atoms with Gasteiger partial charge in [-0.2, -0.15) is 5.10 Å². The summed E-state index contributed by atoms with van der Waals surface area (Å²) in [5, 5.41) is 7.60. The van der Waals surface area contributed by atoms with E-state index in [9.17, 15) is 0 Å². The highest BCUT2D eigenvalue weighted by molar-refractivity contribution is 7.16. The first-order chi connectivity index (χ1) is 12.8. The lowest BCUT2D eigenvalue weighted by Gasteiger charge is -2.13. The third kappa shape index (κ3) is 2.60. The zero-order valence-electron chi connectivity index (χ0n) is 14.1. The van der Waals surface area contributed by atoms with E-state index in [-0.39, 0.29) is 0 Å². The number of aryl methyl sites for hydroxylation is 2. The fourth-order valence-corrected chi connectivity index (χ4v) is 4.75. The van der Waals surface area contributed by atoms with Crippen molar-refractivity contribution in [1.82, 2.24) is 19.7 Å². The van der Waals surface area contributed by atoms with Crippen LogP contribution in [0.2, 0.25) is 0 Å². The Morgan fingerprint density at radius 1 is 1.19 bits per heavy atom. The number of aliphatic imine (C=N–C) groups is 1. The predicted molar refractivity (Wildman–Crippen MR) is 106 cm³/mol. The van der Waals surface area contributed by atoms with Crippen molar-refractivity contribution in [3.05, 3.63) is 63.1 Å². The Kier molecular flexibility index (Phi) is 3.76. The van der Waals surface area contributed by atoms with Crippen LogP contribution in [-0.2, 0) is 12.8 Å². The van der Waals surface area contributed by atoms with Crippen LogP contribution in [-0.4, -0.2) is 26.0 Å². The molecular formula is C19H15N5S2. The second-order valence-corrected chi connectivity index (χ2v) is 8.09. The Morgan fingerprint density at radius 2 is 2.15 bits per heavy atom. The molecule has 0 aliphatic heterocycles. The van der Waals surface area contributed by atoms with Gasteiger partial charge in [-0.25, -0.2) is 19.6 Å². The summed E-state index contributed by atoms with van der Waals surface area (Å²) < 4.78 is 1.96. The van der Waals surface area contributed by atoms with Crippen LogP contribution in [0.4, 0.5) is 5.13 Å². The highest BCUT2D eigenvalue weighted by Crippen LogP contribution is 2.41. The molecule has 0 spiro atoms. The van der Waals surface area contributed by atoms with Gasteiger partial charge in [-0.15, -0.1) is 11.3 Å². The minimum Gasteiger partial charge on any atom is -0.237 e. The zero-order chi connectivity index (χ0) is 17.5. The quantitative estimate of drug-likeness (QED) is 0.490. The highest BCUT2D eigenvalue weighted by Gasteiger charge is 2.27. The molecule has 1 aliphatic rings. The largest absolute Gasteiger partial charge is 0.237 e. The molecule has 7 heteroatoms. The van der Waals surface area contributed by atoms with Crippen LogP contribution >= 0.6 is 22.7 Å². The minimum absolute atomic E-state index is 0.807. The molecule has 4 aromatic rings. The molecule has 4 heterocycles. The Morgan fingerprint density at radius 3 is 2.96 bits per heavy atom. The smallest absolute Gasteiger partial charge is 0.209 e. The van der Waals surface area contributed by atoms with Gasteiger partial charge >= 0.3 is 0 Å². The maximum atomic E-state index is 4.81. The monoisotopic (exact) mass is 377 g/mol. The summed E-state index contributed by atoms with van der Waals surface area (Å²) in [7, 11) is 0. The van der Waals surface area contributed by atoms with Crippen molar-refractivity contribution < 1.29 is 0 Å². The topological polar surface area (TPSA) is 56.0 Å². The van der Waals surface area contributed by atoms with Crippen LogP contribution in [0.15, 0.2) is 46.9 Å². The maximum Gasteiger partial charge on any atom is 0.209 e. The molecule has 0 unspecified atom stereocenters. The van der Waals surface area contributed by atoms with Gasteiger partial charge in [-0.05, 0) is 43.3 Å². The van der Waals surface area contributed by atoms with Crippen molar-refractivity contribution in [3.8, 4) is 17.1 Å². The van der Waals surface area contributed by atoms with E-state index in [0.717, 1.165) is 45.6 Å². The van der Waals surface area contributed by atoms with E-state index in [0.29, 0.717) is 0 Å². The number of pyridine rings is 1. The minimum atomic E-state index is 0.807. The lowest BCUT2D eigenvalue weighted by molar-refractivity contribution is 0.760. The van der Waals surface area contributed by atoms with E-state index in [2.05, 4.69) is 21.4 Å². The third-order valence-electron chi connectivity index (χ3n) is 4.38. The van der Waals surface area contributed by atoms with Gasteiger partial charge in [0.25, 0.3) is 0 Å². The summed E-state index contributed by atoms with van der Waals surface area (Å²) in [6, 6.07) is 9.98. The molecule has 5 nitrogen and oxygen atoms in total. The van der Waals surface area contributed by atoms with Crippen molar-refractivity contribution in [1.29, 1.82) is 0 Å². The standard InChI is InChI=1S/C19H15N5S2/c1-12-17-14(24(23-12)16-6-2-3-9-20-16)7-8-15-18(17)22-19(26-15)21-11-13-5-4-10-25-13/h2-6,9-11H,7-8H2,1H3/b21-11+. The van der Waals surface area contributed by atoms with E-state index in [1.54, 1.807) is 28.9 Å². The Balaban J connectivity index is 1.57. The molecular weight excluding hydrogens is 362 g/mol. The number of aromatic nitrogens is 4. The van der Waals surface area contributed by atoms with E-state index in [1.165, 1.54) is 10.6 Å². The summed E-state index contributed by atoms with van der Waals surface area (Å²) in [5.41, 5.74) is 4.36. The number of nitrogens with zero attached hydrogens (tertiary/aromatic N) is 5. The molecule has 0 fully saturated rings. The van der Waals surface area contributed by atoms with E-state index in [1.807, 2.05) is 42.1 Å². The molecule has 0 radical (unpaired) electrons. The highest BCUT2D eigenvalue weighted by atomic mass is 32.1. The van der Waals surface area contributed by atoms with Crippen LogP contribution in [0.1, 0.15) is 21.1 Å². The fourth-order valence-electron chi connectivity index (χ4n) is 3.26. The zero-order valence-corrected chi connectivity index (χ0v) is 15.7. The molecule has 0 aromatic carbocycles. The van der Waals surface area contributed by atoms with E-state index in [4.69, 9.17) is 10.1 Å². The van der Waals surface area contributed by atoms with Gasteiger partial charge in [0.2, 0.25) is 5.13 Å². The molecule has 0 saturated carbocycles. The SMILES string of the molecule is Cc1nn(-c2ccccn2)c2c1-c1nc(/N=C/c3cccs3)sc1CC2. The van der Waals surface area contributed by atoms with Gasteiger partial charge in [-0.3, -0.25) is 0 Å². The summed E-state index contributed by atoms with van der Waals surface area (Å²) in [6.07, 6.45) is 5.59. The van der Waals surface area contributed by atoms with Crippen molar-refractivity contribution in [2.24, 2.45) is 4.99 Å². The molecule has 128 valence electrons. The number of hydrogen-bond donors (Lipinski definition) is 0. The summed E-state index contributed by atoms with van der Waals surface area (Å²) >= 11 is 3.35. The molecule has 0 amide bonds. The molecule has 4 aromatic heterocycles. The molecule has 5 rings (SSSR count). The first-order valence-electron chi connectivity index (χ1n) is 8.37. The van der Waals surface area contributed by atoms with Crippen molar-refractivity contribution in [2.45, 2.75) is 19.8 Å². The predicted octanol–water partition coefficient (Wildman–Crippen LogP) is 4.61. The number of rotatable bonds is 3. The third-order valence-corrected chi connectivity index (χ3v) is 6.21. The average molecular weight is 377 g/mol. The van der Waals surface area contributed by atoms with Crippen LogP contribution in [0.25, 0.3) is 17.1 Å². The Bertz CT molecular complexity index is 1090. The van der Waals surface area contributed by atoms with Crippen molar-refractivity contribution in [3.63, 3.8) is 0 Å². The number of thiophene rings is 1. The van der Waals surface area contributed by atoms with Gasteiger partial charge in [0.05, 0.1) is 17.1 Å². The van der Waals surface area contributed by atoms with Crippen LogP contribution < -0.4 is 0 Å². The summed E-state index contributed by atoms with van der Waals surface area (Å²) in [5.74, 6) is 0.853. The van der Waals surface area contributed by atoms with Gasteiger partial charge in [0.15, 0.2) is 5.82 Å². The average Bonchev–Trinajstić information content (AvgIpc) is 3.39. The van der Waals surface area contributed by atoms with Gasteiger partial charge < -0.3 is 0 Å². The second-order valence-electron chi connectivity index (χ2n) is 6.05. The first kappa shape index (κ1) is 15.6. The van der Waals surface area contributed by atoms with Crippen LogP contribution in [0, 0.1) is 6.92 Å². The lowest BCUT2D eigenvalue weighted by Crippen LogP contribution is -2.08. The van der Waals surface area contributed by atoms with Crippen LogP contribution in [0.3, 0.4) is 0 Å².